The van der Waals surface area contributed by atoms with E-state index >= 15 is 0 Å². The largest absolute Gasteiger partial charge is 0.394 e. The minimum atomic E-state index is -1.26. The number of aliphatic hydroxyl groups is 16. The van der Waals surface area contributed by atoms with Gasteiger partial charge in [-0.3, -0.25) is 0 Å². The first-order valence-electron chi connectivity index (χ1n) is 23.2. The summed E-state index contributed by atoms with van der Waals surface area (Å²) in [5, 5.41) is 152. The number of aliphatic hydroxyl groups excluding tert-OH is 16. The van der Waals surface area contributed by atoms with Crippen molar-refractivity contribution in [3.63, 3.8) is 0 Å². The van der Waals surface area contributed by atoms with E-state index in [-0.39, 0.29) is 132 Å². The first kappa shape index (κ1) is 69.8. The van der Waals surface area contributed by atoms with Crippen LogP contribution in [0.1, 0.15) is 0 Å². The molecule has 428 valence electrons. The normalized spacial score (nSPS) is 18.3. The Morgan fingerprint density at radius 2 is 0.296 bits per heavy atom. The molecule has 0 aliphatic heterocycles. The van der Waals surface area contributed by atoms with Gasteiger partial charge in [-0.15, -0.1) is 0 Å². The number of ether oxygens (including phenoxy) is 13. The lowest BCUT2D eigenvalue weighted by molar-refractivity contribution is -0.150. The summed E-state index contributed by atoms with van der Waals surface area (Å²) in [7, 11) is 0. The predicted molar refractivity (Wildman–Crippen MR) is 239 cm³/mol. The molecular weight excluding hydrogens is 968 g/mol. The van der Waals surface area contributed by atoms with E-state index in [2.05, 4.69) is 0 Å². The van der Waals surface area contributed by atoms with Crippen LogP contribution in [0.5, 0.6) is 0 Å². The highest BCUT2D eigenvalue weighted by Crippen LogP contribution is 2.09. The van der Waals surface area contributed by atoms with Crippen LogP contribution in [0.2, 0.25) is 0 Å². The van der Waals surface area contributed by atoms with Crippen molar-refractivity contribution in [1.82, 2.24) is 0 Å². The molecule has 29 nitrogen and oxygen atoms in total. The zero-order chi connectivity index (χ0) is 53.1. The van der Waals surface area contributed by atoms with E-state index < -0.39 is 138 Å². The minimum Gasteiger partial charge on any atom is -0.394 e. The van der Waals surface area contributed by atoms with Gasteiger partial charge in [0.1, 0.15) is 85.5 Å². The molecule has 0 aromatic rings. The molecule has 14 unspecified atom stereocenters. The summed E-state index contributed by atoms with van der Waals surface area (Å²) in [6.45, 7) is -9.58. The summed E-state index contributed by atoms with van der Waals surface area (Å²) >= 11 is 0. The van der Waals surface area contributed by atoms with Crippen molar-refractivity contribution in [2.24, 2.45) is 0 Å². The number of hydrogen-bond donors (Lipinski definition) is 16. The minimum absolute atomic E-state index is 0.169. The monoisotopic (exact) mass is 1050 g/mol. The average Bonchev–Trinajstić information content (AvgIpc) is 3.38. The average molecular weight is 1060 g/mol. The third-order valence-electron chi connectivity index (χ3n) is 9.10. The van der Waals surface area contributed by atoms with Crippen molar-refractivity contribution in [3.8, 4) is 0 Å². The van der Waals surface area contributed by atoms with Gasteiger partial charge in [0.15, 0.2) is 0 Å². The van der Waals surface area contributed by atoms with E-state index in [0.717, 1.165) is 0 Å². The van der Waals surface area contributed by atoms with E-state index in [0.29, 0.717) is 0 Å². The van der Waals surface area contributed by atoms with Crippen molar-refractivity contribution in [2.45, 2.75) is 85.5 Å². The Hall–Kier alpha value is -1.16. The van der Waals surface area contributed by atoms with Crippen LogP contribution >= 0.6 is 0 Å². The topological polar surface area (TPSA) is 444 Å². The van der Waals surface area contributed by atoms with Crippen LogP contribution in [0, 0.1) is 0 Å². The van der Waals surface area contributed by atoms with Crippen molar-refractivity contribution >= 4 is 0 Å². The Balaban J connectivity index is 6.45. The maximum Gasteiger partial charge on any atom is 0.104 e. The molecule has 0 aromatic carbocycles. The zero-order valence-corrected chi connectivity index (χ0v) is 40.3. The summed E-state index contributed by atoms with van der Waals surface area (Å²) in [6.07, 6.45) is -15.2. The highest BCUT2D eigenvalue weighted by Gasteiger charge is 2.24. The van der Waals surface area contributed by atoms with Crippen LogP contribution in [-0.2, 0) is 61.6 Å². The predicted octanol–water partition coefficient (Wildman–Crippen LogP) is -9.76. The molecule has 0 bridgehead atoms. The summed E-state index contributed by atoms with van der Waals surface area (Å²) in [5.41, 5.74) is 0. The van der Waals surface area contributed by atoms with Gasteiger partial charge in [-0.25, -0.2) is 0 Å². The molecule has 0 aromatic heterocycles. The van der Waals surface area contributed by atoms with Crippen molar-refractivity contribution in [1.29, 1.82) is 0 Å². The van der Waals surface area contributed by atoms with Crippen molar-refractivity contribution in [3.05, 3.63) is 0 Å². The zero-order valence-electron chi connectivity index (χ0n) is 40.3. The molecule has 0 fully saturated rings. The summed E-state index contributed by atoms with van der Waals surface area (Å²) in [6, 6.07) is 0. The molecule has 0 rings (SSSR count). The maximum absolute atomic E-state index is 9.93. The Morgan fingerprint density at radius 1 is 0.169 bits per heavy atom. The van der Waals surface area contributed by atoms with Crippen LogP contribution in [-0.4, -0.2) is 352 Å². The highest BCUT2D eigenvalue weighted by molar-refractivity contribution is 4.69. The third-order valence-corrected chi connectivity index (χ3v) is 9.10. The van der Waals surface area contributed by atoms with E-state index in [1.807, 2.05) is 0 Å². The van der Waals surface area contributed by atoms with Crippen LogP contribution in [0.4, 0.5) is 0 Å². The number of rotatable bonds is 54. The van der Waals surface area contributed by atoms with Gasteiger partial charge in [-0.2, -0.15) is 0 Å². The Morgan fingerprint density at radius 3 is 0.465 bits per heavy atom. The quantitative estimate of drug-likeness (QED) is 0.0269. The van der Waals surface area contributed by atoms with Gasteiger partial charge < -0.3 is 143 Å². The molecule has 71 heavy (non-hydrogen) atoms. The van der Waals surface area contributed by atoms with Gasteiger partial charge >= 0.3 is 0 Å². The van der Waals surface area contributed by atoms with Gasteiger partial charge in [0.2, 0.25) is 0 Å². The standard InChI is InChI=1S/C42H86O29/c43-1-29(51)9-59-17-37(66-13-33(55)5-47)19-63-21-39(70-27-41(68-15-35(57)7-49)25-61-11-31(53)3-45)23-65-24-40(71-28-42(69-16-36(58)8-50)26-62-12-32(54)4-46)22-64-20-38(67-14-34(56)6-48)18-60-10-30(52)2-44/h29-58H,1-28H2. The lowest BCUT2D eigenvalue weighted by Gasteiger charge is -2.27. The number of hydrogen-bond acceptors (Lipinski definition) is 29. The van der Waals surface area contributed by atoms with Crippen LogP contribution < -0.4 is 0 Å². The fourth-order valence-electron chi connectivity index (χ4n) is 5.10. The molecule has 16 N–H and O–H groups in total. The van der Waals surface area contributed by atoms with Crippen molar-refractivity contribution in [2.75, 3.05) is 185 Å². The molecule has 0 heterocycles. The molecule has 0 aliphatic carbocycles. The summed E-state index contributed by atoms with van der Waals surface area (Å²) in [4.78, 5) is 0. The second-order valence-electron chi connectivity index (χ2n) is 16.2. The Kier molecular flexibility index (Phi) is 46.5. The van der Waals surface area contributed by atoms with Crippen LogP contribution in [0.3, 0.4) is 0 Å². The lowest BCUT2D eigenvalue weighted by atomic mass is 10.3. The van der Waals surface area contributed by atoms with Gasteiger partial charge in [0.25, 0.3) is 0 Å². The molecule has 0 spiro atoms. The van der Waals surface area contributed by atoms with Gasteiger partial charge in [-0.1, -0.05) is 0 Å². The molecule has 0 amide bonds. The molecule has 0 saturated carbocycles. The molecule has 0 radical (unpaired) electrons. The second kappa shape index (κ2) is 47.3. The summed E-state index contributed by atoms with van der Waals surface area (Å²) < 4.78 is 74.5. The Labute approximate surface area is 413 Å². The first-order valence-corrected chi connectivity index (χ1v) is 23.2. The molecule has 29 heteroatoms. The fourth-order valence-corrected chi connectivity index (χ4v) is 5.10. The first-order chi connectivity index (χ1) is 34.2. The molecular formula is C42H86O29. The lowest BCUT2D eigenvalue weighted by Crippen LogP contribution is -2.39. The van der Waals surface area contributed by atoms with Gasteiger partial charge in [0.05, 0.1) is 185 Å². The molecule has 14 atom stereocenters. The smallest absolute Gasteiger partial charge is 0.104 e. The SMILES string of the molecule is OCC(O)COCC(COCC(COCC(COCC(COCC(O)CO)OCC(O)CO)OCC(COCC(O)CO)OCC(O)CO)OCC(COCC(O)CO)OCC(O)CO)OCC(O)CO. The molecule has 0 aliphatic rings. The Bertz CT molecular complexity index is 1050. The second-order valence-corrected chi connectivity index (χ2v) is 16.2. The fraction of sp³-hybridized carbons (Fsp3) is 1.00. The van der Waals surface area contributed by atoms with Gasteiger partial charge in [0, 0.05) is 0 Å². The molecule has 0 saturated heterocycles. The van der Waals surface area contributed by atoms with E-state index in [4.69, 9.17) is 71.8 Å². The van der Waals surface area contributed by atoms with Crippen LogP contribution in [0.25, 0.3) is 0 Å². The summed E-state index contributed by atoms with van der Waals surface area (Å²) in [5.74, 6) is 0. The maximum atomic E-state index is 9.93. The highest BCUT2D eigenvalue weighted by atomic mass is 16.6. The van der Waals surface area contributed by atoms with E-state index in [9.17, 15) is 71.5 Å². The van der Waals surface area contributed by atoms with Gasteiger partial charge in [-0.05, 0) is 0 Å². The van der Waals surface area contributed by atoms with E-state index in [1.54, 1.807) is 0 Å². The van der Waals surface area contributed by atoms with Crippen LogP contribution in [0.15, 0.2) is 0 Å². The third kappa shape index (κ3) is 40.8. The van der Waals surface area contributed by atoms with E-state index in [1.165, 1.54) is 0 Å². The van der Waals surface area contributed by atoms with Crippen molar-refractivity contribution < 1.29 is 143 Å².